The highest BCUT2D eigenvalue weighted by molar-refractivity contribution is 9.10. The molecule has 1 aromatic carbocycles. The Labute approximate surface area is 115 Å². The highest BCUT2D eigenvalue weighted by Crippen LogP contribution is 2.25. The molecule has 1 N–H and O–H groups in total. The molecular weight excluding hydrogens is 298 g/mol. The number of halogens is 1. The Morgan fingerprint density at radius 2 is 2.33 bits per heavy atom. The summed E-state index contributed by atoms with van der Waals surface area (Å²) in [7, 11) is 1.56. The molecule has 0 aliphatic carbocycles. The Hall–Kier alpha value is -1.07. The molecule has 1 amide bonds. The van der Waals surface area contributed by atoms with Gasteiger partial charge in [0.15, 0.2) is 0 Å². The number of benzene rings is 1. The van der Waals surface area contributed by atoms with Crippen LogP contribution in [0.25, 0.3) is 0 Å². The van der Waals surface area contributed by atoms with Crippen molar-refractivity contribution in [3.05, 3.63) is 28.2 Å². The van der Waals surface area contributed by atoms with Crippen LogP contribution in [0.2, 0.25) is 0 Å². The molecule has 1 aliphatic rings. The highest BCUT2D eigenvalue weighted by atomic mass is 79.9. The van der Waals surface area contributed by atoms with Crippen LogP contribution in [0.3, 0.4) is 0 Å². The van der Waals surface area contributed by atoms with Crippen molar-refractivity contribution in [3.8, 4) is 5.75 Å². The molecule has 0 spiro atoms. The summed E-state index contributed by atoms with van der Waals surface area (Å²) >= 11 is 3.36. The number of carbonyl (C=O) groups excluding carboxylic acids is 1. The van der Waals surface area contributed by atoms with Crippen LogP contribution in [0.15, 0.2) is 22.7 Å². The number of hydrogen-bond acceptors (Lipinski definition) is 3. The van der Waals surface area contributed by atoms with E-state index in [1.165, 1.54) is 0 Å². The molecule has 0 bridgehead atoms. The van der Waals surface area contributed by atoms with Gasteiger partial charge in [-0.3, -0.25) is 4.79 Å². The van der Waals surface area contributed by atoms with Crippen molar-refractivity contribution < 1.29 is 14.3 Å². The number of hydrogen-bond donors (Lipinski definition) is 1. The summed E-state index contributed by atoms with van der Waals surface area (Å²) in [6, 6.07) is 5.37. The van der Waals surface area contributed by atoms with E-state index in [9.17, 15) is 4.79 Å². The first kappa shape index (κ1) is 13.4. The third-order valence-electron chi connectivity index (χ3n) is 3.04. The monoisotopic (exact) mass is 313 g/mol. The van der Waals surface area contributed by atoms with Gasteiger partial charge in [0.2, 0.25) is 0 Å². The number of nitrogens with one attached hydrogen (secondary N) is 1. The molecule has 5 heteroatoms. The maximum absolute atomic E-state index is 12.3. The van der Waals surface area contributed by atoms with Crippen LogP contribution in [-0.2, 0) is 4.74 Å². The first-order valence-electron chi connectivity index (χ1n) is 5.78. The smallest absolute Gasteiger partial charge is 0.255 e. The van der Waals surface area contributed by atoms with Gasteiger partial charge in [-0.25, -0.2) is 0 Å². The number of amides is 1. The summed E-state index contributed by atoms with van der Waals surface area (Å²) in [4.78, 5) is 12.3. The van der Waals surface area contributed by atoms with Crippen molar-refractivity contribution >= 4 is 21.8 Å². The highest BCUT2D eigenvalue weighted by Gasteiger charge is 2.32. The van der Waals surface area contributed by atoms with Gasteiger partial charge in [-0.2, -0.15) is 0 Å². The van der Waals surface area contributed by atoms with E-state index >= 15 is 0 Å². The van der Waals surface area contributed by atoms with Crippen molar-refractivity contribution in [2.45, 2.75) is 18.9 Å². The third kappa shape index (κ3) is 2.84. The number of carbonyl (C=O) groups is 1. The van der Waals surface area contributed by atoms with Crippen molar-refractivity contribution in [1.82, 2.24) is 5.32 Å². The van der Waals surface area contributed by atoms with Crippen LogP contribution < -0.4 is 10.1 Å². The van der Waals surface area contributed by atoms with E-state index in [0.29, 0.717) is 24.5 Å². The van der Waals surface area contributed by atoms with E-state index in [1.807, 2.05) is 13.0 Å². The summed E-state index contributed by atoms with van der Waals surface area (Å²) < 4.78 is 11.4. The van der Waals surface area contributed by atoms with E-state index in [0.717, 1.165) is 10.9 Å². The molecule has 4 nitrogen and oxygen atoms in total. The number of ether oxygens (including phenoxy) is 2. The van der Waals surface area contributed by atoms with Gasteiger partial charge in [0.1, 0.15) is 5.75 Å². The first-order chi connectivity index (χ1) is 8.54. The lowest BCUT2D eigenvalue weighted by atomic mass is 10.0. The molecule has 1 aromatic rings. The van der Waals surface area contributed by atoms with Gasteiger partial charge in [-0.1, -0.05) is 15.9 Å². The van der Waals surface area contributed by atoms with E-state index < -0.39 is 0 Å². The minimum Gasteiger partial charge on any atom is -0.496 e. The van der Waals surface area contributed by atoms with Crippen LogP contribution >= 0.6 is 15.9 Å². The van der Waals surface area contributed by atoms with Crippen molar-refractivity contribution in [2.24, 2.45) is 0 Å². The SMILES string of the molecule is COc1ccc(Br)cc1C(=O)NC1(C)CCOC1. The second kappa shape index (κ2) is 5.28. The molecule has 18 heavy (non-hydrogen) atoms. The van der Waals surface area contributed by atoms with Crippen molar-refractivity contribution in [2.75, 3.05) is 20.3 Å². The molecule has 0 saturated carbocycles. The van der Waals surface area contributed by atoms with Crippen LogP contribution in [0.4, 0.5) is 0 Å². The summed E-state index contributed by atoms with van der Waals surface area (Å²) in [6.07, 6.45) is 0.828. The Kier molecular flexibility index (Phi) is 3.92. The lowest BCUT2D eigenvalue weighted by Gasteiger charge is -2.24. The van der Waals surface area contributed by atoms with Crippen LogP contribution in [0, 0.1) is 0 Å². The molecule has 0 radical (unpaired) electrons. The molecule has 2 rings (SSSR count). The van der Waals surface area contributed by atoms with E-state index in [-0.39, 0.29) is 11.4 Å². The Morgan fingerprint density at radius 3 is 2.94 bits per heavy atom. The molecule has 98 valence electrons. The van der Waals surface area contributed by atoms with Gasteiger partial charge in [-0.15, -0.1) is 0 Å². The predicted molar refractivity (Wildman–Crippen MR) is 72.0 cm³/mol. The van der Waals surface area contributed by atoms with Gasteiger partial charge in [-0.05, 0) is 31.5 Å². The Bertz CT molecular complexity index is 456. The quantitative estimate of drug-likeness (QED) is 0.932. The zero-order valence-corrected chi connectivity index (χ0v) is 12.0. The second-order valence-corrected chi connectivity index (χ2v) is 5.58. The lowest BCUT2D eigenvalue weighted by Crippen LogP contribution is -2.46. The maximum Gasteiger partial charge on any atom is 0.255 e. The van der Waals surface area contributed by atoms with E-state index in [4.69, 9.17) is 9.47 Å². The summed E-state index contributed by atoms with van der Waals surface area (Å²) in [5.74, 6) is 0.430. The van der Waals surface area contributed by atoms with Crippen LogP contribution in [0.1, 0.15) is 23.7 Å². The molecule has 1 atom stereocenters. The molecule has 1 heterocycles. The zero-order valence-electron chi connectivity index (χ0n) is 10.5. The molecule has 1 unspecified atom stereocenters. The molecule has 1 aliphatic heterocycles. The van der Waals surface area contributed by atoms with Crippen molar-refractivity contribution in [1.29, 1.82) is 0 Å². The van der Waals surface area contributed by atoms with Crippen LogP contribution in [-0.4, -0.2) is 31.8 Å². The number of methoxy groups -OCH3 is 1. The standard InChI is InChI=1S/C13H16BrNO3/c1-13(5-6-18-8-13)15-12(16)10-7-9(14)3-4-11(10)17-2/h3-4,7H,5-6,8H2,1-2H3,(H,15,16). The van der Waals surface area contributed by atoms with Gasteiger partial charge >= 0.3 is 0 Å². The minimum absolute atomic E-state index is 0.138. The average molecular weight is 314 g/mol. The van der Waals surface area contributed by atoms with E-state index in [1.54, 1.807) is 19.2 Å². The predicted octanol–water partition coefficient (Wildman–Crippen LogP) is 2.37. The third-order valence-corrected chi connectivity index (χ3v) is 3.53. The first-order valence-corrected chi connectivity index (χ1v) is 6.57. The fourth-order valence-electron chi connectivity index (χ4n) is 1.96. The second-order valence-electron chi connectivity index (χ2n) is 4.66. The zero-order chi connectivity index (χ0) is 13.2. The van der Waals surface area contributed by atoms with Gasteiger partial charge < -0.3 is 14.8 Å². The topological polar surface area (TPSA) is 47.6 Å². The van der Waals surface area contributed by atoms with Gasteiger partial charge in [0.05, 0.1) is 24.8 Å². The molecular formula is C13H16BrNO3. The number of rotatable bonds is 3. The minimum atomic E-state index is -0.287. The summed E-state index contributed by atoms with van der Waals surface area (Å²) in [5, 5.41) is 3.01. The maximum atomic E-state index is 12.3. The molecule has 0 aromatic heterocycles. The molecule has 1 fully saturated rings. The normalized spacial score (nSPS) is 22.8. The summed E-state index contributed by atoms with van der Waals surface area (Å²) in [5.41, 5.74) is 0.240. The summed E-state index contributed by atoms with van der Waals surface area (Å²) in [6.45, 7) is 3.23. The molecule has 1 saturated heterocycles. The van der Waals surface area contributed by atoms with Crippen molar-refractivity contribution in [3.63, 3.8) is 0 Å². The van der Waals surface area contributed by atoms with Crippen LogP contribution in [0.5, 0.6) is 5.75 Å². The van der Waals surface area contributed by atoms with Gasteiger partial charge in [0.25, 0.3) is 5.91 Å². The fraction of sp³-hybridized carbons (Fsp3) is 0.462. The Morgan fingerprint density at radius 1 is 1.56 bits per heavy atom. The Balaban J connectivity index is 2.20. The average Bonchev–Trinajstić information content (AvgIpc) is 2.75. The fourth-order valence-corrected chi connectivity index (χ4v) is 2.33. The largest absolute Gasteiger partial charge is 0.496 e. The van der Waals surface area contributed by atoms with Gasteiger partial charge in [0, 0.05) is 11.1 Å². The lowest BCUT2D eigenvalue weighted by molar-refractivity contribution is 0.0887. The van der Waals surface area contributed by atoms with E-state index in [2.05, 4.69) is 21.2 Å².